The highest BCUT2D eigenvalue weighted by molar-refractivity contribution is 6.13. The molecule has 0 aromatic heterocycles. The van der Waals surface area contributed by atoms with Crippen molar-refractivity contribution < 1.29 is 0 Å². The maximum Gasteiger partial charge on any atom is 0.0474 e. The molecular weight excluding hydrogens is 637 g/mol. The smallest absolute Gasteiger partial charge is 0.0474 e. The van der Waals surface area contributed by atoms with Gasteiger partial charge in [0, 0.05) is 22.2 Å². The van der Waals surface area contributed by atoms with Crippen molar-refractivity contribution in [2.75, 3.05) is 0 Å². The Morgan fingerprint density at radius 2 is 1.23 bits per heavy atom. The van der Waals surface area contributed by atoms with Gasteiger partial charge in [0.2, 0.25) is 0 Å². The molecule has 2 atom stereocenters. The molecule has 8 rings (SSSR count). The minimum absolute atomic E-state index is 0.0546. The van der Waals surface area contributed by atoms with E-state index in [0.29, 0.717) is 23.7 Å². The molecule has 0 N–H and O–H groups in total. The first kappa shape index (κ1) is 36.3. The Hall–Kier alpha value is -3.64. The molecular formula is C53H64. The Morgan fingerprint density at radius 3 is 1.87 bits per heavy atom. The SMILES string of the molecule is CCC(CC)C1=CC2(c3ccc4c(c3-c3cc(C)c5c(C)cc(C)cc5c32)C(C)(C)C2=C4C(C)(C)c3ccc(C)cc32)C(C(C)C)C(C(CC)CC)=C1. The van der Waals surface area contributed by atoms with Crippen LogP contribution in [0.1, 0.15) is 151 Å². The van der Waals surface area contributed by atoms with Crippen LogP contribution in [0.15, 0.2) is 71.8 Å². The van der Waals surface area contributed by atoms with Crippen molar-refractivity contribution in [3.8, 4) is 11.1 Å². The lowest BCUT2D eigenvalue weighted by Crippen LogP contribution is -2.42. The molecule has 4 aromatic carbocycles. The largest absolute Gasteiger partial charge is 0.0654 e. The molecule has 276 valence electrons. The second-order valence-corrected chi connectivity index (χ2v) is 19.0. The topological polar surface area (TPSA) is 0 Å². The summed E-state index contributed by atoms with van der Waals surface area (Å²) < 4.78 is 0. The minimum Gasteiger partial charge on any atom is -0.0654 e. The Kier molecular flexibility index (Phi) is 8.35. The lowest BCUT2D eigenvalue weighted by Gasteiger charge is -2.47. The van der Waals surface area contributed by atoms with Gasteiger partial charge in [-0.1, -0.05) is 147 Å². The van der Waals surface area contributed by atoms with Crippen LogP contribution in [0.2, 0.25) is 0 Å². The molecule has 0 bridgehead atoms. The van der Waals surface area contributed by atoms with Crippen LogP contribution < -0.4 is 0 Å². The molecule has 4 aromatic rings. The Morgan fingerprint density at radius 1 is 0.604 bits per heavy atom. The fraction of sp³-hybridized carbons (Fsp3) is 0.472. The van der Waals surface area contributed by atoms with E-state index < -0.39 is 0 Å². The number of rotatable bonds is 7. The van der Waals surface area contributed by atoms with E-state index in [-0.39, 0.29) is 16.2 Å². The molecule has 0 amide bonds. The average molecular weight is 701 g/mol. The van der Waals surface area contributed by atoms with Crippen LogP contribution in [-0.4, -0.2) is 0 Å². The summed E-state index contributed by atoms with van der Waals surface area (Å²) in [5.74, 6) is 1.97. The van der Waals surface area contributed by atoms with Crippen LogP contribution in [0.25, 0.3) is 33.0 Å². The average Bonchev–Trinajstić information content (AvgIpc) is 3.60. The van der Waals surface area contributed by atoms with Crippen LogP contribution >= 0.6 is 0 Å². The number of allylic oxidation sites excluding steroid dienone is 6. The summed E-state index contributed by atoms with van der Waals surface area (Å²) in [6.45, 7) is 34.1. The highest BCUT2D eigenvalue weighted by atomic mass is 14.6. The summed E-state index contributed by atoms with van der Waals surface area (Å²) in [6, 6.07) is 20.1. The third kappa shape index (κ3) is 4.66. The van der Waals surface area contributed by atoms with Gasteiger partial charge >= 0.3 is 0 Å². The van der Waals surface area contributed by atoms with E-state index in [1.165, 1.54) is 81.0 Å². The molecule has 0 nitrogen and oxygen atoms in total. The van der Waals surface area contributed by atoms with Gasteiger partial charge in [-0.15, -0.1) is 0 Å². The first-order valence-corrected chi connectivity index (χ1v) is 21.1. The summed E-state index contributed by atoms with van der Waals surface area (Å²) >= 11 is 0. The number of hydrogen-bond acceptors (Lipinski definition) is 0. The van der Waals surface area contributed by atoms with Gasteiger partial charge in [-0.25, -0.2) is 0 Å². The zero-order chi connectivity index (χ0) is 38.1. The Balaban J connectivity index is 1.57. The highest BCUT2D eigenvalue weighted by Crippen LogP contribution is 2.69. The maximum atomic E-state index is 2.86. The van der Waals surface area contributed by atoms with Crippen molar-refractivity contribution in [2.45, 2.75) is 139 Å². The van der Waals surface area contributed by atoms with Gasteiger partial charge in [-0.05, 0) is 154 Å². The van der Waals surface area contributed by atoms with E-state index in [1.807, 2.05) is 0 Å². The van der Waals surface area contributed by atoms with Crippen molar-refractivity contribution in [3.05, 3.63) is 127 Å². The highest BCUT2D eigenvalue weighted by Gasteiger charge is 2.57. The second kappa shape index (κ2) is 12.2. The first-order valence-electron chi connectivity index (χ1n) is 21.1. The van der Waals surface area contributed by atoms with Gasteiger partial charge < -0.3 is 0 Å². The standard InChI is InChI=1S/C53H64/c1-15-34(16-2)36-27-38(35(17-3)18-4)46(29(5)6)53(28-36)43-22-20-37-48(45(43)41-26-33(10)44-32(9)23-31(8)25-40(44)47(41)53)52(13,14)50-39-24-30(7)19-21-42(39)51(11,12)49(37)50/h19-29,34-35,46H,15-18H2,1-14H3. The van der Waals surface area contributed by atoms with Gasteiger partial charge in [-0.2, -0.15) is 0 Å². The second-order valence-electron chi connectivity index (χ2n) is 19.0. The summed E-state index contributed by atoms with van der Waals surface area (Å²) in [4.78, 5) is 0. The van der Waals surface area contributed by atoms with E-state index in [2.05, 4.69) is 158 Å². The molecule has 1 spiro atoms. The molecule has 4 aliphatic carbocycles. The van der Waals surface area contributed by atoms with Crippen LogP contribution in [0.3, 0.4) is 0 Å². The third-order valence-electron chi connectivity index (χ3n) is 14.8. The number of fused-ring (bicyclic) bond motifs is 12. The van der Waals surface area contributed by atoms with Gasteiger partial charge in [0.05, 0.1) is 0 Å². The number of aryl methyl sites for hydroxylation is 4. The van der Waals surface area contributed by atoms with Crippen LogP contribution in [0, 0.1) is 51.4 Å². The van der Waals surface area contributed by atoms with Crippen molar-refractivity contribution in [1.29, 1.82) is 0 Å². The number of hydrogen-bond donors (Lipinski definition) is 0. The molecule has 0 saturated carbocycles. The van der Waals surface area contributed by atoms with Crippen LogP contribution in [-0.2, 0) is 16.2 Å². The van der Waals surface area contributed by atoms with Crippen molar-refractivity contribution in [2.24, 2.45) is 23.7 Å². The monoisotopic (exact) mass is 701 g/mol. The van der Waals surface area contributed by atoms with Crippen molar-refractivity contribution in [3.63, 3.8) is 0 Å². The molecule has 0 radical (unpaired) electrons. The van der Waals surface area contributed by atoms with Crippen LogP contribution in [0.5, 0.6) is 0 Å². The van der Waals surface area contributed by atoms with Crippen molar-refractivity contribution in [1.82, 2.24) is 0 Å². The first-order chi connectivity index (χ1) is 25.1. The fourth-order valence-electron chi connectivity index (χ4n) is 12.7. The Labute approximate surface area is 321 Å². The van der Waals surface area contributed by atoms with Gasteiger partial charge in [0.1, 0.15) is 0 Å². The zero-order valence-electron chi connectivity index (χ0n) is 35.4. The minimum atomic E-state index is -0.252. The zero-order valence-corrected chi connectivity index (χ0v) is 35.4. The van der Waals surface area contributed by atoms with E-state index in [1.54, 1.807) is 44.5 Å². The molecule has 0 aliphatic heterocycles. The predicted octanol–water partition coefficient (Wildman–Crippen LogP) is 14.8. The predicted molar refractivity (Wildman–Crippen MR) is 231 cm³/mol. The normalized spacial score (nSPS) is 21.8. The van der Waals surface area contributed by atoms with E-state index >= 15 is 0 Å². The molecule has 2 unspecified atom stereocenters. The summed E-state index contributed by atoms with van der Waals surface area (Å²) in [5, 5.41) is 2.94. The fourth-order valence-corrected chi connectivity index (χ4v) is 12.7. The lowest BCUT2D eigenvalue weighted by atomic mass is 9.55. The molecule has 0 heteroatoms. The summed E-state index contributed by atoms with van der Waals surface area (Å²) in [6.07, 6.45) is 10.3. The lowest BCUT2D eigenvalue weighted by molar-refractivity contribution is 0.298. The molecule has 4 aliphatic rings. The maximum absolute atomic E-state index is 2.86. The molecule has 0 fully saturated rings. The molecule has 0 saturated heterocycles. The molecule has 53 heavy (non-hydrogen) atoms. The number of benzene rings is 4. The van der Waals surface area contributed by atoms with Crippen LogP contribution in [0.4, 0.5) is 0 Å². The third-order valence-corrected chi connectivity index (χ3v) is 14.8. The molecule has 0 heterocycles. The van der Waals surface area contributed by atoms with Gasteiger partial charge in [-0.3, -0.25) is 0 Å². The summed E-state index contributed by atoms with van der Waals surface area (Å²) in [5.41, 5.74) is 23.7. The van der Waals surface area contributed by atoms with E-state index in [4.69, 9.17) is 0 Å². The van der Waals surface area contributed by atoms with Gasteiger partial charge in [0.15, 0.2) is 0 Å². The van der Waals surface area contributed by atoms with Crippen molar-refractivity contribution >= 4 is 21.9 Å². The quantitative estimate of drug-likeness (QED) is 0.180. The van der Waals surface area contributed by atoms with E-state index in [0.717, 1.165) is 0 Å². The van der Waals surface area contributed by atoms with E-state index in [9.17, 15) is 0 Å². The Bertz CT molecular complexity index is 2300. The van der Waals surface area contributed by atoms with Gasteiger partial charge in [0.25, 0.3) is 0 Å². The summed E-state index contributed by atoms with van der Waals surface area (Å²) in [7, 11) is 0.